The van der Waals surface area contributed by atoms with E-state index in [2.05, 4.69) is 11.8 Å². The first-order chi connectivity index (χ1) is 6.15. The van der Waals surface area contributed by atoms with Crippen LogP contribution in [0.2, 0.25) is 0 Å². The molecule has 1 aromatic carbocycles. The molecule has 0 aliphatic rings. The molecule has 0 fully saturated rings. The minimum atomic E-state index is -0.457. The molecule has 3 heteroatoms. The van der Waals surface area contributed by atoms with Crippen molar-refractivity contribution in [2.75, 3.05) is 5.73 Å². The molecule has 0 aliphatic heterocycles. The number of nitrogens with two attached hydrogens (primary N) is 1. The number of nitrogen functional groups attached to an aromatic ring is 1. The van der Waals surface area contributed by atoms with Crippen LogP contribution in [0, 0.1) is 24.6 Å². The van der Waals surface area contributed by atoms with Crippen molar-refractivity contribution in [1.29, 1.82) is 0 Å². The molecule has 2 nitrogen and oxygen atoms in total. The number of hydrogen-bond donors (Lipinski definition) is 1. The van der Waals surface area contributed by atoms with E-state index in [-0.39, 0.29) is 5.56 Å². The minimum Gasteiger partial charge on any atom is -0.398 e. The van der Waals surface area contributed by atoms with Crippen LogP contribution in [-0.2, 0) is 4.79 Å². The number of benzene rings is 1. The van der Waals surface area contributed by atoms with Crippen LogP contribution < -0.4 is 5.73 Å². The molecule has 0 amide bonds. The number of halogens is 1. The molecule has 0 radical (unpaired) electrons. The normalized spacial score (nSPS) is 8.77. The van der Waals surface area contributed by atoms with E-state index in [1.165, 1.54) is 12.1 Å². The van der Waals surface area contributed by atoms with E-state index in [0.29, 0.717) is 17.5 Å². The first kappa shape index (κ1) is 9.27. The van der Waals surface area contributed by atoms with E-state index in [4.69, 9.17) is 5.73 Å². The van der Waals surface area contributed by atoms with Crippen molar-refractivity contribution in [1.82, 2.24) is 0 Å². The minimum absolute atomic E-state index is 0.148. The Morgan fingerprint density at radius 2 is 2.23 bits per heavy atom. The monoisotopic (exact) mass is 177 g/mol. The fourth-order valence-corrected chi connectivity index (χ4v) is 0.892. The smallest absolute Gasteiger partial charge is 0.193 e. The van der Waals surface area contributed by atoms with Gasteiger partial charge in [-0.15, -0.1) is 0 Å². The van der Waals surface area contributed by atoms with Gasteiger partial charge in [0.05, 0.1) is 5.56 Å². The fourth-order valence-electron chi connectivity index (χ4n) is 0.892. The van der Waals surface area contributed by atoms with Crippen LogP contribution in [0.3, 0.4) is 0 Å². The third-order valence-corrected chi connectivity index (χ3v) is 1.62. The molecule has 0 saturated carbocycles. The van der Waals surface area contributed by atoms with Gasteiger partial charge in [-0.1, -0.05) is 5.92 Å². The van der Waals surface area contributed by atoms with Gasteiger partial charge >= 0.3 is 0 Å². The number of hydrogen-bond acceptors (Lipinski definition) is 2. The fraction of sp³-hybridized carbons (Fsp3) is 0.100. The van der Waals surface area contributed by atoms with Gasteiger partial charge in [-0.25, -0.2) is 4.39 Å². The van der Waals surface area contributed by atoms with Crippen molar-refractivity contribution in [3.8, 4) is 11.8 Å². The van der Waals surface area contributed by atoms with Gasteiger partial charge in [0, 0.05) is 5.69 Å². The number of carbonyl (C=O) groups excluding carboxylic acids is 1. The molecule has 13 heavy (non-hydrogen) atoms. The Morgan fingerprint density at radius 3 is 2.85 bits per heavy atom. The van der Waals surface area contributed by atoms with Crippen LogP contribution in [0.4, 0.5) is 10.1 Å². The highest BCUT2D eigenvalue weighted by Gasteiger charge is 2.02. The molecule has 0 saturated heterocycles. The Bertz CT molecular complexity index is 401. The maximum atomic E-state index is 13.1. The Labute approximate surface area is 75.6 Å². The molecule has 66 valence electrons. The van der Waals surface area contributed by atoms with Gasteiger partial charge in [-0.05, 0) is 30.5 Å². The third-order valence-electron chi connectivity index (χ3n) is 1.62. The Hall–Kier alpha value is -1.82. The number of carbonyl (C=O) groups is 1. The molecule has 2 N–H and O–H groups in total. The van der Waals surface area contributed by atoms with Gasteiger partial charge in [-0.2, -0.15) is 0 Å². The summed E-state index contributed by atoms with van der Waals surface area (Å²) < 4.78 is 13.1. The van der Waals surface area contributed by atoms with Crippen molar-refractivity contribution in [2.24, 2.45) is 0 Å². The van der Waals surface area contributed by atoms with Gasteiger partial charge in [-0.3, -0.25) is 4.79 Å². The maximum absolute atomic E-state index is 13.1. The van der Waals surface area contributed by atoms with E-state index in [1.807, 2.05) is 0 Å². The summed E-state index contributed by atoms with van der Waals surface area (Å²) in [6, 6.07) is 2.71. The molecule has 0 aliphatic carbocycles. The second-order valence-electron chi connectivity index (χ2n) is 2.58. The van der Waals surface area contributed by atoms with Crippen molar-refractivity contribution in [3.05, 3.63) is 29.1 Å². The lowest BCUT2D eigenvalue weighted by atomic mass is 10.1. The van der Waals surface area contributed by atoms with Crippen molar-refractivity contribution in [2.45, 2.75) is 6.92 Å². The Morgan fingerprint density at radius 1 is 1.54 bits per heavy atom. The summed E-state index contributed by atoms with van der Waals surface area (Å²) in [5, 5.41) is 0. The zero-order valence-corrected chi connectivity index (χ0v) is 7.10. The quantitative estimate of drug-likeness (QED) is 0.368. The molecule has 0 aromatic heterocycles. The second kappa shape index (κ2) is 3.72. The van der Waals surface area contributed by atoms with Crippen LogP contribution in [0.15, 0.2) is 12.1 Å². The van der Waals surface area contributed by atoms with E-state index >= 15 is 0 Å². The molecule has 0 spiro atoms. The van der Waals surface area contributed by atoms with Crippen molar-refractivity contribution in [3.63, 3.8) is 0 Å². The molecular formula is C10H8FNO. The summed E-state index contributed by atoms with van der Waals surface area (Å²) in [6.45, 7) is 1.70. The highest BCUT2D eigenvalue weighted by molar-refractivity contribution is 5.74. The number of aryl methyl sites for hydroxylation is 1. The molecule has 0 unspecified atom stereocenters. The van der Waals surface area contributed by atoms with Crippen LogP contribution in [0.1, 0.15) is 11.1 Å². The Kier molecular flexibility index (Phi) is 2.65. The summed E-state index contributed by atoms with van der Waals surface area (Å²) >= 11 is 0. The van der Waals surface area contributed by atoms with E-state index in [1.54, 1.807) is 6.92 Å². The third kappa shape index (κ3) is 2.06. The molecule has 1 rings (SSSR count). The molecule has 0 bridgehead atoms. The van der Waals surface area contributed by atoms with Crippen molar-refractivity contribution < 1.29 is 9.18 Å². The first-order valence-corrected chi connectivity index (χ1v) is 3.66. The van der Waals surface area contributed by atoms with Gasteiger partial charge in [0.1, 0.15) is 5.82 Å². The lowest BCUT2D eigenvalue weighted by molar-refractivity contribution is -0.103. The van der Waals surface area contributed by atoms with Gasteiger partial charge in [0.25, 0.3) is 0 Å². The molecule has 0 heterocycles. The van der Waals surface area contributed by atoms with Crippen LogP contribution in [0.25, 0.3) is 0 Å². The molecule has 1 aromatic rings. The zero-order valence-electron chi connectivity index (χ0n) is 7.10. The standard InChI is InChI=1S/C10H8FNO/c1-7-5-9(11)8(3-2-4-13)6-10(7)12/h4-6H,12H2,1H3. The van der Waals surface area contributed by atoms with Crippen LogP contribution >= 0.6 is 0 Å². The van der Waals surface area contributed by atoms with Crippen LogP contribution in [0.5, 0.6) is 0 Å². The summed E-state index contributed by atoms with van der Waals surface area (Å²) in [4.78, 5) is 9.91. The van der Waals surface area contributed by atoms with Crippen LogP contribution in [-0.4, -0.2) is 6.29 Å². The highest BCUT2D eigenvalue weighted by atomic mass is 19.1. The topological polar surface area (TPSA) is 43.1 Å². The largest absolute Gasteiger partial charge is 0.398 e. The summed E-state index contributed by atoms with van der Waals surface area (Å²) in [6.07, 6.45) is 0.412. The van der Waals surface area contributed by atoms with E-state index in [9.17, 15) is 9.18 Å². The van der Waals surface area contributed by atoms with Gasteiger partial charge in [0.2, 0.25) is 0 Å². The van der Waals surface area contributed by atoms with E-state index < -0.39 is 5.82 Å². The SMILES string of the molecule is Cc1cc(F)c(C#CC=O)cc1N. The Balaban J connectivity index is 3.23. The van der Waals surface area contributed by atoms with Gasteiger partial charge in [0.15, 0.2) is 6.29 Å². The number of rotatable bonds is 0. The molecule has 0 atom stereocenters. The predicted octanol–water partition coefficient (Wildman–Crippen LogP) is 1.27. The van der Waals surface area contributed by atoms with Crippen molar-refractivity contribution >= 4 is 12.0 Å². The lowest BCUT2D eigenvalue weighted by Gasteiger charge is -2.00. The predicted molar refractivity (Wildman–Crippen MR) is 48.5 cm³/mol. The highest BCUT2D eigenvalue weighted by Crippen LogP contribution is 2.15. The summed E-state index contributed by atoms with van der Waals surface area (Å²) in [7, 11) is 0. The number of aldehydes is 1. The summed E-state index contributed by atoms with van der Waals surface area (Å²) in [5.41, 5.74) is 6.82. The van der Waals surface area contributed by atoms with E-state index in [0.717, 1.165) is 0 Å². The second-order valence-corrected chi connectivity index (χ2v) is 2.58. The maximum Gasteiger partial charge on any atom is 0.193 e. The first-order valence-electron chi connectivity index (χ1n) is 3.66. The van der Waals surface area contributed by atoms with Gasteiger partial charge < -0.3 is 5.73 Å². The molecular weight excluding hydrogens is 169 g/mol. The summed E-state index contributed by atoms with van der Waals surface area (Å²) in [5.74, 6) is 4.03. The average Bonchev–Trinajstić information content (AvgIpc) is 2.09. The lowest BCUT2D eigenvalue weighted by Crippen LogP contribution is -1.93. The number of anilines is 1. The average molecular weight is 177 g/mol. The zero-order chi connectivity index (χ0) is 9.84.